The van der Waals surface area contributed by atoms with Crippen LogP contribution < -0.4 is 4.74 Å². The first-order chi connectivity index (χ1) is 9.10. The Morgan fingerprint density at radius 3 is 2.68 bits per heavy atom. The third-order valence-electron chi connectivity index (χ3n) is 2.62. The largest absolute Gasteiger partial charge is 0.457 e. The summed E-state index contributed by atoms with van der Waals surface area (Å²) in [6.45, 7) is 1.60. The molecule has 0 aliphatic carbocycles. The predicted molar refractivity (Wildman–Crippen MR) is 68.3 cm³/mol. The Morgan fingerprint density at radius 2 is 2.05 bits per heavy atom. The van der Waals surface area contributed by atoms with Crippen LogP contribution in [0.2, 0.25) is 0 Å². The third-order valence-corrected chi connectivity index (χ3v) is 2.62. The van der Waals surface area contributed by atoms with Crippen LogP contribution in [0, 0.1) is 17.1 Å². The van der Waals surface area contributed by atoms with E-state index in [1.807, 2.05) is 6.07 Å². The molecule has 1 atom stereocenters. The van der Waals surface area contributed by atoms with Gasteiger partial charge in [-0.05, 0) is 31.2 Å². The summed E-state index contributed by atoms with van der Waals surface area (Å²) in [4.78, 5) is 0. The number of nitrogens with zero attached hydrogens (tertiary/aromatic N) is 1. The highest BCUT2D eigenvalue weighted by Gasteiger charge is 2.11. The van der Waals surface area contributed by atoms with Crippen molar-refractivity contribution in [2.45, 2.75) is 13.0 Å². The zero-order valence-corrected chi connectivity index (χ0v) is 10.3. The molecule has 0 aromatic heterocycles. The summed E-state index contributed by atoms with van der Waals surface area (Å²) in [6.07, 6.45) is -0.740. The lowest BCUT2D eigenvalue weighted by Gasteiger charge is -2.13. The quantitative estimate of drug-likeness (QED) is 0.914. The van der Waals surface area contributed by atoms with Crippen molar-refractivity contribution in [2.24, 2.45) is 0 Å². The van der Waals surface area contributed by atoms with Gasteiger partial charge in [0.05, 0.1) is 17.7 Å². The Labute approximate surface area is 110 Å². The number of aliphatic hydroxyl groups excluding tert-OH is 1. The van der Waals surface area contributed by atoms with Gasteiger partial charge in [0.25, 0.3) is 0 Å². The summed E-state index contributed by atoms with van der Waals surface area (Å²) in [7, 11) is 0. The molecule has 1 N–H and O–H groups in total. The van der Waals surface area contributed by atoms with Gasteiger partial charge in [-0.25, -0.2) is 4.39 Å². The molecule has 0 unspecified atom stereocenters. The summed E-state index contributed by atoms with van der Waals surface area (Å²) in [6, 6.07) is 12.4. The Balaban J connectivity index is 2.40. The minimum Gasteiger partial charge on any atom is -0.457 e. The van der Waals surface area contributed by atoms with Gasteiger partial charge in [0.15, 0.2) is 0 Å². The summed E-state index contributed by atoms with van der Waals surface area (Å²) < 4.78 is 18.6. The van der Waals surface area contributed by atoms with E-state index in [0.29, 0.717) is 22.6 Å². The van der Waals surface area contributed by atoms with Crippen LogP contribution in [0.5, 0.6) is 11.5 Å². The van der Waals surface area contributed by atoms with Crippen LogP contribution in [-0.4, -0.2) is 5.11 Å². The molecule has 4 heteroatoms. The van der Waals surface area contributed by atoms with Gasteiger partial charge in [-0.3, -0.25) is 0 Å². The lowest BCUT2D eigenvalue weighted by molar-refractivity contribution is 0.195. The highest BCUT2D eigenvalue weighted by atomic mass is 19.1. The van der Waals surface area contributed by atoms with Gasteiger partial charge in [-0.2, -0.15) is 5.26 Å². The van der Waals surface area contributed by atoms with Crippen LogP contribution in [0.1, 0.15) is 24.2 Å². The van der Waals surface area contributed by atoms with Crippen molar-refractivity contribution >= 4 is 0 Å². The van der Waals surface area contributed by atoms with E-state index < -0.39 is 11.9 Å². The second-order valence-corrected chi connectivity index (χ2v) is 4.10. The van der Waals surface area contributed by atoms with E-state index in [1.165, 1.54) is 24.3 Å². The maximum Gasteiger partial charge on any atom is 0.134 e. The molecule has 0 saturated heterocycles. The number of hydrogen-bond donors (Lipinski definition) is 1. The van der Waals surface area contributed by atoms with Crippen LogP contribution in [-0.2, 0) is 0 Å². The van der Waals surface area contributed by atoms with Gasteiger partial charge in [0.2, 0.25) is 0 Å². The zero-order valence-electron chi connectivity index (χ0n) is 10.3. The Morgan fingerprint density at radius 1 is 1.26 bits per heavy atom. The third kappa shape index (κ3) is 3.09. The average molecular weight is 257 g/mol. The van der Waals surface area contributed by atoms with Crippen LogP contribution >= 0.6 is 0 Å². The van der Waals surface area contributed by atoms with Crippen LogP contribution in [0.25, 0.3) is 0 Å². The van der Waals surface area contributed by atoms with E-state index in [0.717, 1.165) is 0 Å². The predicted octanol–water partition coefficient (Wildman–Crippen LogP) is 3.54. The number of ether oxygens (including phenoxy) is 1. The number of aliphatic hydroxyl groups is 1. The molecule has 0 bridgehead atoms. The fraction of sp³-hybridized carbons (Fsp3) is 0.133. The van der Waals surface area contributed by atoms with Crippen LogP contribution in [0.15, 0.2) is 42.5 Å². The van der Waals surface area contributed by atoms with Crippen molar-refractivity contribution in [1.82, 2.24) is 0 Å². The van der Waals surface area contributed by atoms with Crippen molar-refractivity contribution in [2.75, 3.05) is 0 Å². The molecule has 0 aliphatic heterocycles. The molecule has 0 radical (unpaired) electrons. The minimum atomic E-state index is -0.740. The maximum absolute atomic E-state index is 13.1. The fourth-order valence-electron chi connectivity index (χ4n) is 1.69. The molecule has 3 nitrogen and oxygen atoms in total. The van der Waals surface area contributed by atoms with Gasteiger partial charge in [-0.15, -0.1) is 0 Å². The van der Waals surface area contributed by atoms with E-state index in [-0.39, 0.29) is 0 Å². The molecule has 0 fully saturated rings. The average Bonchev–Trinajstić information content (AvgIpc) is 2.38. The summed E-state index contributed by atoms with van der Waals surface area (Å²) in [5.41, 5.74) is 0.957. The highest BCUT2D eigenvalue weighted by Crippen LogP contribution is 2.30. The molecule has 2 aromatic rings. The van der Waals surface area contributed by atoms with E-state index >= 15 is 0 Å². The number of benzene rings is 2. The molecular weight excluding hydrogens is 245 g/mol. The topological polar surface area (TPSA) is 53.2 Å². The molecule has 0 aliphatic rings. The molecule has 2 aromatic carbocycles. The standard InChI is InChI=1S/C15H12FNO2/c1-10(18)14-6-5-11(9-17)7-15(14)19-13-4-2-3-12(16)8-13/h2-8,10,18H,1H3/t10-/m1/s1. The number of hydrogen-bond acceptors (Lipinski definition) is 3. The molecule has 0 amide bonds. The Hall–Kier alpha value is -2.38. The van der Waals surface area contributed by atoms with Gasteiger partial charge in [-0.1, -0.05) is 12.1 Å². The maximum atomic E-state index is 13.1. The van der Waals surface area contributed by atoms with Crippen molar-refractivity contribution < 1.29 is 14.2 Å². The monoisotopic (exact) mass is 257 g/mol. The molecule has 96 valence electrons. The van der Waals surface area contributed by atoms with Gasteiger partial charge < -0.3 is 9.84 Å². The summed E-state index contributed by atoms with van der Waals surface area (Å²) in [5, 5.41) is 18.5. The van der Waals surface area contributed by atoms with Crippen molar-refractivity contribution in [1.29, 1.82) is 5.26 Å². The molecule has 19 heavy (non-hydrogen) atoms. The second-order valence-electron chi connectivity index (χ2n) is 4.10. The molecule has 2 rings (SSSR count). The van der Waals surface area contributed by atoms with Gasteiger partial charge >= 0.3 is 0 Å². The lowest BCUT2D eigenvalue weighted by atomic mass is 10.1. The number of rotatable bonds is 3. The molecule has 0 spiro atoms. The zero-order chi connectivity index (χ0) is 13.8. The summed E-state index contributed by atoms with van der Waals surface area (Å²) in [5.74, 6) is 0.254. The first-order valence-electron chi connectivity index (χ1n) is 5.75. The number of nitriles is 1. The molecule has 0 heterocycles. The number of halogens is 1. The van der Waals surface area contributed by atoms with Crippen LogP contribution in [0.4, 0.5) is 4.39 Å². The van der Waals surface area contributed by atoms with Crippen molar-refractivity contribution in [3.63, 3.8) is 0 Å². The van der Waals surface area contributed by atoms with E-state index in [2.05, 4.69) is 0 Å². The highest BCUT2D eigenvalue weighted by molar-refractivity contribution is 5.45. The van der Waals surface area contributed by atoms with Gasteiger partial charge in [0.1, 0.15) is 17.3 Å². The first kappa shape index (κ1) is 13.1. The minimum absolute atomic E-state index is 0.317. The van der Waals surface area contributed by atoms with Crippen LogP contribution in [0.3, 0.4) is 0 Å². The first-order valence-corrected chi connectivity index (χ1v) is 5.75. The van der Waals surface area contributed by atoms with E-state index in [9.17, 15) is 9.50 Å². The molecule has 0 saturated carbocycles. The fourth-order valence-corrected chi connectivity index (χ4v) is 1.69. The Kier molecular flexibility index (Phi) is 3.79. The lowest BCUT2D eigenvalue weighted by Crippen LogP contribution is -1.97. The van der Waals surface area contributed by atoms with E-state index in [4.69, 9.17) is 10.00 Å². The van der Waals surface area contributed by atoms with Crippen molar-refractivity contribution in [3.05, 3.63) is 59.4 Å². The Bertz CT molecular complexity index is 632. The normalized spacial score (nSPS) is 11.7. The van der Waals surface area contributed by atoms with Crippen molar-refractivity contribution in [3.8, 4) is 17.6 Å². The van der Waals surface area contributed by atoms with E-state index in [1.54, 1.807) is 25.1 Å². The molecular formula is C15H12FNO2. The smallest absolute Gasteiger partial charge is 0.134 e. The van der Waals surface area contributed by atoms with Gasteiger partial charge in [0, 0.05) is 11.6 Å². The summed E-state index contributed by atoms with van der Waals surface area (Å²) >= 11 is 0. The second kappa shape index (κ2) is 5.51. The SMILES string of the molecule is C[C@@H](O)c1ccc(C#N)cc1Oc1cccc(F)c1.